The van der Waals surface area contributed by atoms with Crippen LogP contribution in [0.4, 0.5) is 30.6 Å². The molecule has 6 atom stereocenters. The standard InChI is InChI=1S/3C20H25FN6O.9H2/c3*1-12(2)20(3,28)16-11-27(10-9-22-16)19-14(21)6-7-15(24-19)17-13-5-4-8-23-18(13)26-25-17;;;;;;;;;/h3*4-8,12,16,22,28H,9-11H2,1-3H3,(H,23,25,26);9*1H. The van der Waals surface area contributed by atoms with Gasteiger partial charge in [-0.05, 0) is 111 Å². The normalized spacial score (nSPS) is 19.9. The Morgan fingerprint density at radius 2 is 0.726 bits per heavy atom. The molecule has 0 spiro atoms. The number of halogens is 3. The fourth-order valence-corrected chi connectivity index (χ4v) is 10.7. The van der Waals surface area contributed by atoms with Crippen LogP contribution in [0.15, 0.2) is 91.4 Å². The lowest BCUT2D eigenvalue weighted by Crippen LogP contribution is -2.62. The Morgan fingerprint density at radius 3 is 0.988 bits per heavy atom. The highest BCUT2D eigenvalue weighted by Crippen LogP contribution is 2.34. The first-order chi connectivity index (χ1) is 40.1. The van der Waals surface area contributed by atoms with E-state index in [1.54, 1.807) is 36.8 Å². The molecule has 9 aromatic heterocycles. The van der Waals surface area contributed by atoms with Gasteiger partial charge in [0.2, 0.25) is 0 Å². The first kappa shape index (κ1) is 59.4. The molecule has 462 valence electrons. The van der Waals surface area contributed by atoms with E-state index in [0.717, 1.165) is 16.2 Å². The summed E-state index contributed by atoms with van der Waals surface area (Å²) in [7, 11) is 0. The molecule has 9 N–H and O–H groups in total. The Morgan fingerprint density at radius 1 is 0.452 bits per heavy atom. The zero-order valence-corrected chi connectivity index (χ0v) is 48.8. The molecule has 3 aliphatic rings. The van der Waals surface area contributed by atoms with Crippen molar-refractivity contribution in [3.8, 4) is 34.2 Å². The topological polar surface area (TPSA) is 270 Å². The van der Waals surface area contributed by atoms with Gasteiger partial charge in [-0.2, -0.15) is 15.3 Å². The van der Waals surface area contributed by atoms with Crippen molar-refractivity contribution >= 4 is 50.6 Å². The van der Waals surface area contributed by atoms with Crippen molar-refractivity contribution in [1.29, 1.82) is 0 Å². The molecule has 84 heavy (non-hydrogen) atoms. The summed E-state index contributed by atoms with van der Waals surface area (Å²) in [6.07, 6.45) is 5.04. The van der Waals surface area contributed by atoms with E-state index >= 15 is 0 Å². The number of aromatic amines is 3. The monoisotopic (exact) mass is 1170 g/mol. The summed E-state index contributed by atoms with van der Waals surface area (Å²) in [6.45, 7) is 22.6. The Hall–Kier alpha value is -7.74. The van der Waals surface area contributed by atoms with E-state index in [4.69, 9.17) is 0 Å². The maximum absolute atomic E-state index is 14.7. The maximum atomic E-state index is 14.7. The number of nitrogens with zero attached hydrogens (tertiary/aromatic N) is 12. The number of pyridine rings is 6. The number of piperazine rings is 3. The van der Waals surface area contributed by atoms with Gasteiger partial charge in [0.25, 0.3) is 0 Å². The smallest absolute Gasteiger partial charge is 0.181 e. The first-order valence-corrected chi connectivity index (χ1v) is 28.6. The van der Waals surface area contributed by atoms with Crippen molar-refractivity contribution in [2.75, 3.05) is 73.6 Å². The van der Waals surface area contributed by atoms with Crippen molar-refractivity contribution in [1.82, 2.24) is 76.4 Å². The molecule has 6 unspecified atom stereocenters. The molecule has 3 saturated heterocycles. The average Bonchev–Trinajstić information content (AvgIpc) is 1.80. The summed E-state index contributed by atoms with van der Waals surface area (Å²) < 4.78 is 44.0. The molecule has 9 aromatic rings. The second-order valence-electron chi connectivity index (χ2n) is 23.4. The van der Waals surface area contributed by atoms with Crippen LogP contribution >= 0.6 is 0 Å². The van der Waals surface area contributed by atoms with Gasteiger partial charge in [-0.15, -0.1) is 0 Å². The number of hydrogen-bond donors (Lipinski definition) is 9. The number of nitrogens with one attached hydrogen (secondary N) is 6. The third kappa shape index (κ3) is 12.1. The minimum atomic E-state index is -0.905. The molecule has 0 saturated carbocycles. The molecule has 0 radical (unpaired) electrons. The number of anilines is 3. The molecule has 12 heterocycles. The molecule has 0 aromatic carbocycles. The molecule has 0 aliphatic carbocycles. The van der Waals surface area contributed by atoms with Gasteiger partial charge in [-0.3, -0.25) is 15.3 Å². The molecule has 3 aliphatic heterocycles. The zero-order valence-electron chi connectivity index (χ0n) is 48.8. The molecule has 3 fully saturated rings. The van der Waals surface area contributed by atoms with Crippen molar-refractivity contribution in [3.05, 3.63) is 109 Å². The second kappa shape index (κ2) is 24.5. The predicted molar refractivity (Wildman–Crippen MR) is 339 cm³/mol. The van der Waals surface area contributed by atoms with Crippen molar-refractivity contribution in [2.24, 2.45) is 17.8 Å². The zero-order chi connectivity index (χ0) is 59.7. The molecule has 0 amide bonds. The lowest BCUT2D eigenvalue weighted by atomic mass is 9.84. The van der Waals surface area contributed by atoms with Gasteiger partial charge < -0.3 is 46.0 Å². The molecule has 0 bridgehead atoms. The molecule has 12 rings (SSSR count). The van der Waals surface area contributed by atoms with E-state index in [1.165, 1.54) is 18.2 Å². The number of fused-ring (bicyclic) bond motifs is 3. The van der Waals surface area contributed by atoms with Crippen LogP contribution in [0.2, 0.25) is 0 Å². The fraction of sp³-hybridized carbons (Fsp3) is 0.450. The summed E-state index contributed by atoms with van der Waals surface area (Å²) in [6, 6.07) is 19.9. The molecule has 21 nitrogen and oxygen atoms in total. The van der Waals surface area contributed by atoms with Crippen molar-refractivity contribution in [3.63, 3.8) is 0 Å². The molecule has 24 heteroatoms. The Bertz CT molecular complexity index is 3380. The van der Waals surface area contributed by atoms with Crippen molar-refractivity contribution < 1.29 is 41.3 Å². The van der Waals surface area contributed by atoms with Crippen LogP contribution in [0.3, 0.4) is 0 Å². The summed E-state index contributed by atoms with van der Waals surface area (Å²) in [5, 5.41) is 66.6. The van der Waals surface area contributed by atoms with Gasteiger partial charge in [0, 0.05) is 106 Å². The van der Waals surface area contributed by atoms with Gasteiger partial charge in [-0.25, -0.2) is 43.1 Å². The van der Waals surface area contributed by atoms with Crippen LogP contribution < -0.4 is 30.7 Å². The molecular weight excluding hydrogens is 1080 g/mol. The SMILES string of the molecule is CC(C)C(C)(O)C1CN(c2nc(-c3[nH]nc4ncccc34)ccc2F)CCN1.CC(C)C(C)(O)C1CN(c2nc(-c3[nH]nc4ncccc34)ccc2F)CCN1.CC(C)C(C)(O)C1CN(c2nc(-c3[nH]nc4ncccc34)ccc2F)CCN1.[HH].[HH].[HH].[HH].[HH].[HH].[HH].[HH].[HH]. The number of H-pyrrole nitrogens is 3. The van der Waals surface area contributed by atoms with Crippen LogP contribution in [0.25, 0.3) is 67.3 Å². The van der Waals surface area contributed by atoms with Gasteiger partial charge in [0.05, 0.1) is 69.1 Å². The van der Waals surface area contributed by atoms with Crippen LogP contribution in [0.1, 0.15) is 75.2 Å². The number of hydrogen-bond acceptors (Lipinski definition) is 18. The van der Waals surface area contributed by atoms with E-state index in [2.05, 4.69) is 76.4 Å². The van der Waals surface area contributed by atoms with Gasteiger partial charge >= 0.3 is 0 Å². The quantitative estimate of drug-likeness (QED) is 0.0551. The summed E-state index contributed by atoms with van der Waals surface area (Å²) in [5.74, 6) is -0.0731. The Kier molecular flexibility index (Phi) is 17.3. The van der Waals surface area contributed by atoms with Crippen LogP contribution in [-0.4, -0.2) is 170 Å². The predicted octanol–water partition coefficient (Wildman–Crippen LogP) is 9.25. The van der Waals surface area contributed by atoms with Crippen LogP contribution in [-0.2, 0) is 0 Å². The highest BCUT2D eigenvalue weighted by Gasteiger charge is 2.41. The molecular formula is C60H93F3N18O3. The summed E-state index contributed by atoms with van der Waals surface area (Å²) >= 11 is 0. The summed E-state index contributed by atoms with van der Waals surface area (Å²) in [4.78, 5) is 32.1. The lowest BCUT2D eigenvalue weighted by Gasteiger charge is -2.43. The van der Waals surface area contributed by atoms with Gasteiger partial charge in [0.15, 0.2) is 51.8 Å². The highest BCUT2D eigenvalue weighted by molar-refractivity contribution is 5.91. The van der Waals surface area contributed by atoms with E-state index in [-0.39, 0.29) is 83.6 Å². The van der Waals surface area contributed by atoms with Crippen molar-refractivity contribution in [2.45, 2.75) is 97.2 Å². The number of aromatic nitrogens is 12. The van der Waals surface area contributed by atoms with E-state index in [9.17, 15) is 28.5 Å². The van der Waals surface area contributed by atoms with E-state index < -0.39 is 16.8 Å². The maximum Gasteiger partial charge on any atom is 0.181 e. The highest BCUT2D eigenvalue weighted by atomic mass is 19.1. The average molecular weight is 1170 g/mol. The third-order valence-corrected chi connectivity index (χ3v) is 17.3. The first-order valence-electron chi connectivity index (χ1n) is 28.6. The van der Waals surface area contributed by atoms with E-state index in [1.807, 2.05) is 113 Å². The Balaban J connectivity index is 0.000000665. The van der Waals surface area contributed by atoms with E-state index in [0.29, 0.717) is 110 Å². The van der Waals surface area contributed by atoms with Gasteiger partial charge in [0.1, 0.15) is 0 Å². The van der Waals surface area contributed by atoms with Crippen LogP contribution in [0, 0.1) is 35.2 Å². The number of rotatable bonds is 12. The minimum Gasteiger partial charge on any atom is -0.388 e. The van der Waals surface area contributed by atoms with Gasteiger partial charge in [-0.1, -0.05) is 41.5 Å². The van der Waals surface area contributed by atoms with Crippen LogP contribution in [0.5, 0.6) is 0 Å². The third-order valence-electron chi connectivity index (χ3n) is 17.3. The number of aliphatic hydroxyl groups is 3. The second-order valence-corrected chi connectivity index (χ2v) is 23.4. The summed E-state index contributed by atoms with van der Waals surface area (Å²) in [5.41, 5.74) is 3.04. The largest absolute Gasteiger partial charge is 0.388 e. The minimum absolute atomic E-state index is 0. The Labute approximate surface area is 498 Å². The fourth-order valence-electron chi connectivity index (χ4n) is 10.7. The lowest BCUT2D eigenvalue weighted by molar-refractivity contribution is -0.0234.